The highest BCUT2D eigenvalue weighted by Gasteiger charge is 2.31. The molecule has 0 aliphatic heterocycles. The summed E-state index contributed by atoms with van der Waals surface area (Å²) < 4.78 is 43.2. The Morgan fingerprint density at radius 3 is 2.57 bits per heavy atom. The van der Waals surface area contributed by atoms with Crippen LogP contribution >= 0.6 is 0 Å². The first-order valence-electron chi connectivity index (χ1n) is 6.33. The van der Waals surface area contributed by atoms with Crippen molar-refractivity contribution in [2.75, 3.05) is 18.6 Å². The number of carbonyl (C=O) groups excluding carboxylic acids is 1. The van der Waals surface area contributed by atoms with E-state index in [0.29, 0.717) is 0 Å². The van der Waals surface area contributed by atoms with Gasteiger partial charge in [0.15, 0.2) is 0 Å². The van der Waals surface area contributed by atoms with E-state index in [1.807, 2.05) is 13.8 Å². The van der Waals surface area contributed by atoms with E-state index in [-0.39, 0.29) is 30.5 Å². The molecule has 0 aromatic heterocycles. The molecular formula is C13H18F3N3O2. The molecule has 0 bridgehead atoms. The van der Waals surface area contributed by atoms with Crippen LogP contribution < -0.4 is 16.6 Å². The second kappa shape index (κ2) is 7.28. The molecule has 0 saturated heterocycles. The summed E-state index contributed by atoms with van der Waals surface area (Å²) in [5.41, 5.74) is 1.24. The van der Waals surface area contributed by atoms with Crippen molar-refractivity contribution in [2.45, 2.75) is 26.1 Å². The Hall–Kier alpha value is -1.80. The zero-order valence-corrected chi connectivity index (χ0v) is 11.8. The Balaban J connectivity index is 2.81. The van der Waals surface area contributed by atoms with Gasteiger partial charge >= 0.3 is 6.18 Å². The Bertz CT molecular complexity index is 490. The van der Waals surface area contributed by atoms with E-state index < -0.39 is 17.6 Å². The molecule has 0 heterocycles. The average Bonchev–Trinajstić information content (AvgIpc) is 2.41. The van der Waals surface area contributed by atoms with Crippen molar-refractivity contribution < 1.29 is 22.7 Å². The number of ether oxygens (including phenoxy) is 1. The zero-order chi connectivity index (χ0) is 16.0. The molecule has 1 amide bonds. The van der Waals surface area contributed by atoms with Crippen molar-refractivity contribution in [2.24, 2.45) is 5.84 Å². The molecule has 118 valence electrons. The number of alkyl halides is 3. The summed E-state index contributed by atoms with van der Waals surface area (Å²) >= 11 is 0. The van der Waals surface area contributed by atoms with Crippen LogP contribution in [0.15, 0.2) is 18.2 Å². The molecular weight excluding hydrogens is 287 g/mol. The minimum atomic E-state index is -4.52. The third-order valence-corrected chi connectivity index (χ3v) is 2.59. The highest BCUT2D eigenvalue weighted by atomic mass is 19.4. The molecule has 0 aliphatic carbocycles. The van der Waals surface area contributed by atoms with Gasteiger partial charge < -0.3 is 15.5 Å². The van der Waals surface area contributed by atoms with Crippen molar-refractivity contribution in [1.82, 2.24) is 5.32 Å². The number of nitrogen functional groups attached to an aromatic ring is 1. The Morgan fingerprint density at radius 1 is 1.38 bits per heavy atom. The summed E-state index contributed by atoms with van der Waals surface area (Å²) in [6, 6.07) is 2.73. The zero-order valence-electron chi connectivity index (χ0n) is 11.8. The predicted molar refractivity (Wildman–Crippen MR) is 72.7 cm³/mol. The van der Waals surface area contributed by atoms with Crippen molar-refractivity contribution in [3.05, 3.63) is 29.3 Å². The van der Waals surface area contributed by atoms with E-state index in [1.165, 1.54) is 0 Å². The second-order valence-corrected chi connectivity index (χ2v) is 4.58. The first-order chi connectivity index (χ1) is 9.75. The minimum Gasteiger partial charge on any atom is -0.377 e. The number of hydrogen-bond acceptors (Lipinski definition) is 4. The summed E-state index contributed by atoms with van der Waals surface area (Å²) in [5.74, 6) is 4.55. The molecule has 1 aromatic carbocycles. The van der Waals surface area contributed by atoms with E-state index in [4.69, 9.17) is 10.6 Å². The van der Waals surface area contributed by atoms with Gasteiger partial charge in [-0.3, -0.25) is 10.6 Å². The number of rotatable bonds is 6. The van der Waals surface area contributed by atoms with Gasteiger partial charge in [0.2, 0.25) is 0 Å². The van der Waals surface area contributed by atoms with E-state index in [0.717, 1.165) is 18.2 Å². The van der Waals surface area contributed by atoms with Gasteiger partial charge in [-0.2, -0.15) is 13.2 Å². The van der Waals surface area contributed by atoms with E-state index in [1.54, 1.807) is 0 Å². The first kappa shape index (κ1) is 17.3. The Morgan fingerprint density at radius 2 is 2.05 bits per heavy atom. The fourth-order valence-electron chi connectivity index (χ4n) is 1.59. The third-order valence-electron chi connectivity index (χ3n) is 2.59. The van der Waals surface area contributed by atoms with Gasteiger partial charge in [-0.1, -0.05) is 0 Å². The lowest BCUT2D eigenvalue weighted by atomic mass is 10.1. The highest BCUT2D eigenvalue weighted by Crippen LogP contribution is 2.31. The van der Waals surface area contributed by atoms with Crippen molar-refractivity contribution in [3.63, 3.8) is 0 Å². The van der Waals surface area contributed by atoms with Crippen LogP contribution in [0.5, 0.6) is 0 Å². The maximum Gasteiger partial charge on any atom is 0.416 e. The Labute approximate surface area is 120 Å². The van der Waals surface area contributed by atoms with Crippen molar-refractivity contribution >= 4 is 11.6 Å². The monoisotopic (exact) mass is 305 g/mol. The molecule has 0 fully saturated rings. The van der Waals surface area contributed by atoms with E-state index in [9.17, 15) is 18.0 Å². The van der Waals surface area contributed by atoms with Crippen molar-refractivity contribution in [3.8, 4) is 0 Å². The van der Waals surface area contributed by atoms with Crippen LogP contribution in [-0.2, 0) is 10.9 Å². The molecule has 0 aliphatic rings. The number of carbonyl (C=O) groups is 1. The molecule has 0 spiro atoms. The van der Waals surface area contributed by atoms with Crippen LogP contribution in [0.1, 0.15) is 29.8 Å². The lowest BCUT2D eigenvalue weighted by molar-refractivity contribution is -0.137. The highest BCUT2D eigenvalue weighted by molar-refractivity contribution is 5.99. The molecule has 1 aromatic rings. The van der Waals surface area contributed by atoms with Crippen LogP contribution in [0.4, 0.5) is 18.9 Å². The predicted octanol–water partition coefficient (Wildman–Crippen LogP) is 2.15. The number of benzene rings is 1. The molecule has 0 radical (unpaired) electrons. The first-order valence-corrected chi connectivity index (χ1v) is 6.33. The molecule has 0 saturated carbocycles. The Kier molecular flexibility index (Phi) is 5.98. The number of nitrogens with one attached hydrogen (secondary N) is 2. The number of amides is 1. The lowest BCUT2D eigenvalue weighted by Gasteiger charge is -2.13. The summed E-state index contributed by atoms with van der Waals surface area (Å²) in [5, 5.41) is 2.48. The topological polar surface area (TPSA) is 76.4 Å². The quantitative estimate of drug-likeness (QED) is 0.427. The van der Waals surface area contributed by atoms with Gasteiger partial charge in [0.05, 0.1) is 29.5 Å². The summed E-state index contributed by atoms with van der Waals surface area (Å²) in [4.78, 5) is 11.9. The molecule has 4 N–H and O–H groups in total. The fourth-order valence-corrected chi connectivity index (χ4v) is 1.59. The number of halogens is 3. The summed E-state index contributed by atoms with van der Waals surface area (Å²) in [6.45, 7) is 4.14. The summed E-state index contributed by atoms with van der Waals surface area (Å²) in [7, 11) is 0. The number of nitrogens with two attached hydrogens (primary N) is 1. The largest absolute Gasteiger partial charge is 0.416 e. The number of hydrogen-bond donors (Lipinski definition) is 3. The molecule has 5 nitrogen and oxygen atoms in total. The van der Waals surface area contributed by atoms with E-state index in [2.05, 4.69) is 10.7 Å². The smallest absolute Gasteiger partial charge is 0.377 e. The minimum absolute atomic E-state index is 0.0109. The lowest BCUT2D eigenvalue weighted by Crippen LogP contribution is -2.29. The molecule has 0 unspecified atom stereocenters. The van der Waals surface area contributed by atoms with Crippen molar-refractivity contribution in [1.29, 1.82) is 0 Å². The van der Waals surface area contributed by atoms with Gasteiger partial charge in [0.25, 0.3) is 5.91 Å². The van der Waals surface area contributed by atoms with E-state index >= 15 is 0 Å². The van der Waals surface area contributed by atoms with Gasteiger partial charge in [-0.25, -0.2) is 0 Å². The number of hydrazine groups is 1. The van der Waals surface area contributed by atoms with Crippen LogP contribution in [0.2, 0.25) is 0 Å². The molecule has 8 heteroatoms. The van der Waals surface area contributed by atoms with Crippen LogP contribution in [-0.4, -0.2) is 25.2 Å². The SMILES string of the molecule is CC(C)OCCNC(=O)c1cc(C(F)(F)F)ccc1NN. The van der Waals surface area contributed by atoms with Crippen LogP contribution in [0, 0.1) is 0 Å². The fraction of sp³-hybridized carbons (Fsp3) is 0.462. The van der Waals surface area contributed by atoms with Crippen LogP contribution in [0.3, 0.4) is 0 Å². The second-order valence-electron chi connectivity index (χ2n) is 4.58. The third kappa shape index (κ3) is 5.24. The molecule has 0 atom stereocenters. The normalized spacial score (nSPS) is 11.6. The standard InChI is InChI=1S/C13H18F3N3O2/c1-8(2)21-6-5-18-12(20)10-7-9(13(14,15)16)3-4-11(10)19-17/h3-4,7-8,19H,5-6,17H2,1-2H3,(H,18,20). The van der Waals surface area contributed by atoms with Gasteiger partial charge in [0, 0.05) is 6.54 Å². The average molecular weight is 305 g/mol. The maximum absolute atomic E-state index is 12.7. The summed E-state index contributed by atoms with van der Waals surface area (Å²) in [6.07, 6.45) is -4.51. The maximum atomic E-state index is 12.7. The number of anilines is 1. The molecule has 1 rings (SSSR count). The molecule has 21 heavy (non-hydrogen) atoms. The van der Waals surface area contributed by atoms with Crippen LogP contribution in [0.25, 0.3) is 0 Å². The van der Waals surface area contributed by atoms with Gasteiger partial charge in [-0.15, -0.1) is 0 Å². The van der Waals surface area contributed by atoms with Gasteiger partial charge in [0.1, 0.15) is 0 Å². The van der Waals surface area contributed by atoms with Gasteiger partial charge in [-0.05, 0) is 32.0 Å².